The van der Waals surface area contributed by atoms with Crippen molar-refractivity contribution in [2.75, 3.05) is 26.8 Å². The molecule has 0 aromatic heterocycles. The first-order valence-electron chi connectivity index (χ1n) is 13.5. The molecule has 1 fully saturated rings. The van der Waals surface area contributed by atoms with Gasteiger partial charge < -0.3 is 29.9 Å². The highest BCUT2D eigenvalue weighted by molar-refractivity contribution is 5.96. The van der Waals surface area contributed by atoms with Crippen LogP contribution in [-0.2, 0) is 16.0 Å². The third-order valence-corrected chi connectivity index (χ3v) is 8.04. The molecule has 3 N–H and O–H groups in total. The van der Waals surface area contributed by atoms with Crippen molar-refractivity contribution in [3.63, 3.8) is 0 Å². The quantitative estimate of drug-likeness (QED) is 0.469. The Labute approximate surface area is 223 Å². The number of rotatable bonds is 9. The third-order valence-electron chi connectivity index (χ3n) is 8.04. The van der Waals surface area contributed by atoms with E-state index >= 15 is 0 Å². The summed E-state index contributed by atoms with van der Waals surface area (Å²) in [5.74, 6) is 0.490. The number of hydrogen-bond acceptors (Lipinski definition) is 6. The zero-order valence-corrected chi connectivity index (χ0v) is 21.7. The zero-order valence-electron chi connectivity index (χ0n) is 21.7. The van der Waals surface area contributed by atoms with E-state index in [1.54, 1.807) is 18.1 Å². The van der Waals surface area contributed by atoms with Crippen molar-refractivity contribution in [1.29, 1.82) is 0 Å². The lowest BCUT2D eigenvalue weighted by molar-refractivity contribution is -0.141. The molecule has 1 heterocycles. The number of amides is 2. The summed E-state index contributed by atoms with van der Waals surface area (Å²) in [4.78, 5) is 29.0. The third kappa shape index (κ3) is 5.02. The first-order chi connectivity index (χ1) is 18.5. The number of nitrogens with zero attached hydrogens (tertiary/aromatic N) is 1. The van der Waals surface area contributed by atoms with Crippen LogP contribution in [0.5, 0.6) is 11.5 Å². The molecule has 0 radical (unpaired) electrons. The molecular formula is C30H36N2O6. The van der Waals surface area contributed by atoms with Crippen LogP contribution in [0.4, 0.5) is 0 Å². The van der Waals surface area contributed by atoms with Gasteiger partial charge in [-0.25, -0.2) is 0 Å². The van der Waals surface area contributed by atoms with Crippen LogP contribution in [0.25, 0.3) is 0 Å². The Kier molecular flexibility index (Phi) is 8.00. The summed E-state index contributed by atoms with van der Waals surface area (Å²) in [7, 11) is 1.63. The number of aliphatic hydroxyl groups is 2. The van der Waals surface area contributed by atoms with Crippen LogP contribution < -0.4 is 14.8 Å². The Morgan fingerprint density at radius 1 is 1.11 bits per heavy atom. The number of nitrogens with one attached hydrogen (secondary N) is 1. The van der Waals surface area contributed by atoms with Crippen molar-refractivity contribution in [3.05, 3.63) is 71.3 Å². The minimum Gasteiger partial charge on any atom is -0.496 e. The summed E-state index contributed by atoms with van der Waals surface area (Å²) >= 11 is 0. The molecule has 202 valence electrons. The SMILES string of the molecule is COc1ccccc1CCN(C(=O)C1CCCC1)[C@@H]1C=C(C(=O)NCCO)[C@@H]2c3ccccc3O[C@@H]2[C@H]1O. The van der Waals surface area contributed by atoms with Crippen molar-refractivity contribution in [3.8, 4) is 11.5 Å². The van der Waals surface area contributed by atoms with E-state index in [0.29, 0.717) is 24.3 Å². The summed E-state index contributed by atoms with van der Waals surface area (Å²) in [6.45, 7) is 0.295. The molecule has 0 saturated heterocycles. The summed E-state index contributed by atoms with van der Waals surface area (Å²) in [5.41, 5.74) is 2.25. The number of methoxy groups -OCH3 is 1. The van der Waals surface area contributed by atoms with Gasteiger partial charge in [-0.3, -0.25) is 9.59 Å². The fourth-order valence-electron chi connectivity index (χ4n) is 6.15. The highest BCUT2D eigenvalue weighted by Gasteiger charge is 2.50. The molecule has 0 spiro atoms. The predicted octanol–water partition coefficient (Wildman–Crippen LogP) is 2.58. The van der Waals surface area contributed by atoms with Gasteiger partial charge in [-0.05, 0) is 43.0 Å². The molecule has 2 amide bonds. The second-order valence-electron chi connectivity index (χ2n) is 10.3. The highest BCUT2D eigenvalue weighted by atomic mass is 16.5. The van der Waals surface area contributed by atoms with E-state index in [4.69, 9.17) is 9.47 Å². The second-order valence-corrected chi connectivity index (χ2v) is 10.3. The molecule has 4 atom stereocenters. The van der Waals surface area contributed by atoms with E-state index in [0.717, 1.165) is 42.6 Å². The molecule has 0 bridgehead atoms. The molecule has 0 unspecified atom stereocenters. The largest absolute Gasteiger partial charge is 0.496 e. The van der Waals surface area contributed by atoms with Crippen LogP contribution in [0.2, 0.25) is 0 Å². The smallest absolute Gasteiger partial charge is 0.247 e. The summed E-state index contributed by atoms with van der Waals surface area (Å²) in [6.07, 6.45) is 4.24. The zero-order chi connectivity index (χ0) is 26.6. The van der Waals surface area contributed by atoms with Crippen LogP contribution in [0.15, 0.2) is 60.2 Å². The number of ether oxygens (including phenoxy) is 2. The lowest BCUT2D eigenvalue weighted by Crippen LogP contribution is -2.57. The predicted molar refractivity (Wildman–Crippen MR) is 142 cm³/mol. The Hall–Kier alpha value is -3.36. The maximum absolute atomic E-state index is 13.9. The molecule has 3 aliphatic rings. The van der Waals surface area contributed by atoms with Crippen LogP contribution in [-0.4, -0.2) is 72.0 Å². The van der Waals surface area contributed by atoms with Gasteiger partial charge in [0.25, 0.3) is 0 Å². The Morgan fingerprint density at radius 2 is 1.84 bits per heavy atom. The number of carbonyl (C=O) groups is 2. The lowest BCUT2D eigenvalue weighted by Gasteiger charge is -2.41. The van der Waals surface area contributed by atoms with Crippen LogP contribution in [0.1, 0.15) is 42.7 Å². The molecule has 1 aliphatic heterocycles. The number of aliphatic hydroxyl groups excluding tert-OH is 2. The van der Waals surface area contributed by atoms with Gasteiger partial charge in [-0.1, -0.05) is 49.2 Å². The van der Waals surface area contributed by atoms with Gasteiger partial charge in [-0.15, -0.1) is 0 Å². The van der Waals surface area contributed by atoms with Gasteiger partial charge >= 0.3 is 0 Å². The van der Waals surface area contributed by atoms with Crippen molar-refractivity contribution >= 4 is 11.8 Å². The van der Waals surface area contributed by atoms with Gasteiger partial charge in [-0.2, -0.15) is 0 Å². The molecule has 8 heteroatoms. The number of para-hydroxylation sites is 2. The van der Waals surface area contributed by atoms with Crippen LogP contribution >= 0.6 is 0 Å². The summed E-state index contributed by atoms with van der Waals surface area (Å²) < 4.78 is 11.7. The van der Waals surface area contributed by atoms with Crippen molar-refractivity contribution in [2.45, 2.75) is 56.3 Å². The second kappa shape index (κ2) is 11.6. The maximum atomic E-state index is 13.9. The first-order valence-corrected chi connectivity index (χ1v) is 13.5. The fourth-order valence-corrected chi connectivity index (χ4v) is 6.15. The molecule has 8 nitrogen and oxygen atoms in total. The van der Waals surface area contributed by atoms with Gasteiger partial charge in [0.15, 0.2) is 0 Å². The average Bonchev–Trinajstić information content (AvgIpc) is 3.62. The number of benzene rings is 2. The number of carbonyl (C=O) groups excluding carboxylic acids is 2. The standard InChI is InChI=1S/C30H36N2O6/c1-37-24-12-6-4-8-19(24)14-16-32(30(36)20-9-2-3-10-20)23-18-22(29(35)31-15-17-33)26-21-11-5-7-13-25(21)38-28(26)27(23)34/h4-8,11-13,18,20,23,26-28,33-34H,2-3,9-10,14-17H2,1H3,(H,31,35)/t23-,26+,27+,28+/m1/s1. The lowest BCUT2D eigenvalue weighted by atomic mass is 9.77. The van der Waals surface area contributed by atoms with Crippen LogP contribution in [0.3, 0.4) is 0 Å². The Bertz CT molecular complexity index is 1190. The number of fused-ring (bicyclic) bond motifs is 3. The van der Waals surface area contributed by atoms with E-state index < -0.39 is 24.2 Å². The van der Waals surface area contributed by atoms with Crippen LogP contribution in [0, 0.1) is 5.92 Å². The minimum absolute atomic E-state index is 0.00164. The normalized spacial score (nSPS) is 24.1. The average molecular weight is 521 g/mol. The summed E-state index contributed by atoms with van der Waals surface area (Å²) in [6, 6.07) is 14.5. The maximum Gasteiger partial charge on any atom is 0.247 e. The van der Waals surface area contributed by atoms with E-state index in [2.05, 4.69) is 5.32 Å². The summed E-state index contributed by atoms with van der Waals surface area (Å²) in [5, 5.41) is 23.7. The van der Waals surface area contributed by atoms with Gasteiger partial charge in [0.05, 0.1) is 25.7 Å². The molecule has 2 aromatic carbocycles. The van der Waals surface area contributed by atoms with Crippen molar-refractivity contribution in [1.82, 2.24) is 10.2 Å². The van der Waals surface area contributed by atoms with Gasteiger partial charge in [0.1, 0.15) is 23.7 Å². The minimum atomic E-state index is -1.02. The highest BCUT2D eigenvalue weighted by Crippen LogP contribution is 2.47. The van der Waals surface area contributed by atoms with Crippen molar-refractivity contribution in [2.24, 2.45) is 5.92 Å². The van der Waals surface area contributed by atoms with Gasteiger partial charge in [0, 0.05) is 30.1 Å². The van der Waals surface area contributed by atoms with Gasteiger partial charge in [0.2, 0.25) is 11.8 Å². The monoisotopic (exact) mass is 520 g/mol. The fraction of sp³-hybridized carbons (Fsp3) is 0.467. The molecule has 38 heavy (non-hydrogen) atoms. The molecule has 1 saturated carbocycles. The molecular weight excluding hydrogens is 484 g/mol. The van der Waals surface area contributed by atoms with E-state index in [-0.39, 0.29) is 30.9 Å². The topological polar surface area (TPSA) is 108 Å². The first kappa shape index (κ1) is 26.3. The van der Waals surface area contributed by atoms with Crippen molar-refractivity contribution < 1.29 is 29.3 Å². The Balaban J connectivity index is 1.51. The molecule has 2 aromatic rings. The molecule has 5 rings (SSSR count). The van der Waals surface area contributed by atoms with E-state index in [1.807, 2.05) is 48.5 Å². The molecule has 2 aliphatic carbocycles. The van der Waals surface area contributed by atoms with E-state index in [9.17, 15) is 19.8 Å². The Morgan fingerprint density at radius 3 is 2.61 bits per heavy atom. The number of hydrogen-bond donors (Lipinski definition) is 3. The van der Waals surface area contributed by atoms with E-state index in [1.165, 1.54) is 0 Å².